The normalized spacial score (nSPS) is 24.2. The first-order chi connectivity index (χ1) is 5.65. The van der Waals surface area contributed by atoms with E-state index in [-0.39, 0.29) is 16.8 Å². The van der Waals surface area contributed by atoms with Crippen molar-refractivity contribution in [1.82, 2.24) is 10.2 Å². The third kappa shape index (κ3) is 1.97. The molecule has 0 aliphatic carbocycles. The van der Waals surface area contributed by atoms with Crippen molar-refractivity contribution in [3.63, 3.8) is 0 Å². The number of nitrogens with zero attached hydrogens (tertiary/aromatic N) is 1. The van der Waals surface area contributed by atoms with Crippen molar-refractivity contribution in [2.75, 3.05) is 13.1 Å². The summed E-state index contributed by atoms with van der Waals surface area (Å²) < 4.78 is 0. The van der Waals surface area contributed by atoms with Gasteiger partial charge in [-0.15, -0.1) is 0 Å². The van der Waals surface area contributed by atoms with Gasteiger partial charge in [-0.05, 0) is 6.42 Å². The van der Waals surface area contributed by atoms with Crippen molar-refractivity contribution in [2.45, 2.75) is 18.2 Å². The Morgan fingerprint density at radius 3 is 2.92 bits per heavy atom. The topological polar surface area (TPSA) is 49.4 Å². The maximum atomic E-state index is 11.1. The highest BCUT2D eigenvalue weighted by atomic mass is 79.9. The fourth-order valence-electron chi connectivity index (χ4n) is 1.08. The Hall–Kier alpha value is -0.580. The van der Waals surface area contributed by atoms with Gasteiger partial charge < -0.3 is 4.90 Å². The van der Waals surface area contributed by atoms with Crippen LogP contribution >= 0.6 is 15.9 Å². The number of carbonyl (C=O) groups excluding carboxylic acids is 2. The van der Waals surface area contributed by atoms with Gasteiger partial charge >= 0.3 is 6.03 Å². The van der Waals surface area contributed by atoms with Gasteiger partial charge in [-0.25, -0.2) is 4.79 Å². The molecule has 0 aromatic carbocycles. The molecule has 0 unspecified atom stereocenters. The molecular weight excluding hydrogens is 224 g/mol. The molecule has 1 aliphatic rings. The lowest BCUT2D eigenvalue weighted by Gasteiger charge is -2.28. The third-order valence-electron chi connectivity index (χ3n) is 1.68. The number of rotatable bonds is 2. The average molecular weight is 235 g/mol. The largest absolute Gasteiger partial charge is 0.324 e. The van der Waals surface area contributed by atoms with E-state index < -0.39 is 0 Å². The number of amides is 3. The van der Waals surface area contributed by atoms with Crippen LogP contribution in [-0.2, 0) is 4.79 Å². The Kier molecular flexibility index (Phi) is 3.08. The van der Waals surface area contributed by atoms with Crippen molar-refractivity contribution in [2.24, 2.45) is 0 Å². The molecule has 1 heterocycles. The number of nitrogens with one attached hydrogen (secondary N) is 1. The molecule has 1 atom stereocenters. The molecule has 0 aromatic rings. The Morgan fingerprint density at radius 2 is 2.33 bits per heavy atom. The molecule has 1 N–H and O–H groups in total. The third-order valence-corrected chi connectivity index (χ3v) is 2.38. The second-order valence-electron chi connectivity index (χ2n) is 2.71. The van der Waals surface area contributed by atoms with Gasteiger partial charge in [0, 0.05) is 13.1 Å². The first-order valence-corrected chi connectivity index (χ1v) is 4.80. The van der Waals surface area contributed by atoms with Gasteiger partial charge in [0.15, 0.2) is 0 Å². The van der Waals surface area contributed by atoms with Gasteiger partial charge in [0.2, 0.25) is 5.91 Å². The van der Waals surface area contributed by atoms with Crippen LogP contribution in [0.5, 0.6) is 0 Å². The van der Waals surface area contributed by atoms with E-state index in [1.807, 2.05) is 6.92 Å². The molecule has 1 rings (SSSR count). The molecule has 3 amide bonds. The predicted molar refractivity (Wildman–Crippen MR) is 48.1 cm³/mol. The van der Waals surface area contributed by atoms with E-state index in [1.54, 1.807) is 4.90 Å². The smallest absolute Gasteiger partial charge is 0.323 e. The number of urea groups is 1. The highest BCUT2D eigenvalue weighted by Crippen LogP contribution is 2.09. The predicted octanol–water partition coefficient (Wildman–Crippen LogP) is 0.712. The van der Waals surface area contributed by atoms with Crippen LogP contribution in [-0.4, -0.2) is 34.8 Å². The Morgan fingerprint density at radius 1 is 1.67 bits per heavy atom. The number of alkyl halides is 1. The summed E-state index contributed by atoms with van der Waals surface area (Å²) in [6.45, 7) is 3.16. The van der Waals surface area contributed by atoms with Crippen LogP contribution in [0.25, 0.3) is 0 Å². The summed E-state index contributed by atoms with van der Waals surface area (Å²) >= 11 is 3.19. The number of hydrogen-bond donors (Lipinski definition) is 1. The fourth-order valence-corrected chi connectivity index (χ4v) is 1.55. The van der Waals surface area contributed by atoms with Gasteiger partial charge in [-0.1, -0.05) is 22.9 Å². The van der Waals surface area contributed by atoms with Crippen LogP contribution < -0.4 is 5.32 Å². The summed E-state index contributed by atoms with van der Waals surface area (Å²) in [5.41, 5.74) is 0. The summed E-state index contributed by atoms with van der Waals surface area (Å²) in [6.07, 6.45) is 0.904. The lowest BCUT2D eigenvalue weighted by Crippen LogP contribution is -2.55. The van der Waals surface area contributed by atoms with Crippen LogP contribution in [0.4, 0.5) is 4.79 Å². The minimum Gasteiger partial charge on any atom is -0.323 e. The molecule has 1 fully saturated rings. The molecule has 0 spiro atoms. The molecule has 1 saturated heterocycles. The van der Waals surface area contributed by atoms with Crippen LogP contribution in [0.2, 0.25) is 0 Å². The minimum atomic E-state index is -0.280. The quantitative estimate of drug-likeness (QED) is 0.716. The maximum absolute atomic E-state index is 11.1. The zero-order chi connectivity index (χ0) is 9.14. The molecule has 0 saturated carbocycles. The van der Waals surface area contributed by atoms with Gasteiger partial charge in [-0.2, -0.15) is 0 Å². The molecule has 68 valence electrons. The Labute approximate surface area is 79.4 Å². The molecule has 4 nitrogen and oxygen atoms in total. The van der Waals surface area contributed by atoms with Crippen molar-refractivity contribution in [3.8, 4) is 0 Å². The maximum Gasteiger partial charge on any atom is 0.324 e. The summed E-state index contributed by atoms with van der Waals surface area (Å²) in [4.78, 5) is 23.4. The van der Waals surface area contributed by atoms with Crippen LogP contribution in [0.1, 0.15) is 13.3 Å². The summed E-state index contributed by atoms with van der Waals surface area (Å²) in [5, 5.41) is 2.27. The molecule has 0 aromatic heterocycles. The highest BCUT2D eigenvalue weighted by molar-refractivity contribution is 9.10. The fraction of sp³-hybridized carbons (Fsp3) is 0.714. The first-order valence-electron chi connectivity index (χ1n) is 3.89. The first kappa shape index (κ1) is 9.51. The van der Waals surface area contributed by atoms with Gasteiger partial charge in [-0.3, -0.25) is 10.1 Å². The molecule has 5 heteroatoms. The number of halogens is 1. The van der Waals surface area contributed by atoms with Crippen LogP contribution in [0.15, 0.2) is 0 Å². The second-order valence-corrected chi connectivity index (χ2v) is 3.81. The van der Waals surface area contributed by atoms with Crippen molar-refractivity contribution in [1.29, 1.82) is 0 Å². The highest BCUT2D eigenvalue weighted by Gasteiger charge is 2.29. The monoisotopic (exact) mass is 234 g/mol. The average Bonchev–Trinajstić information content (AvgIpc) is 2.01. The molecule has 12 heavy (non-hydrogen) atoms. The van der Waals surface area contributed by atoms with E-state index in [9.17, 15) is 9.59 Å². The van der Waals surface area contributed by atoms with E-state index in [0.29, 0.717) is 13.1 Å². The summed E-state index contributed by atoms with van der Waals surface area (Å²) in [5.74, 6) is -0.243. The summed E-state index contributed by atoms with van der Waals surface area (Å²) in [6, 6.07) is -0.280. The van der Waals surface area contributed by atoms with E-state index in [1.165, 1.54) is 0 Å². The zero-order valence-electron chi connectivity index (χ0n) is 6.84. The SMILES string of the molecule is CCCN1C[C@H](Br)C(=O)NC1=O. The lowest BCUT2D eigenvalue weighted by molar-refractivity contribution is -0.120. The molecule has 0 radical (unpaired) electrons. The minimum absolute atomic E-state index is 0.243. The molecule has 1 aliphatic heterocycles. The second kappa shape index (κ2) is 3.89. The Balaban J connectivity index is 2.55. The van der Waals surface area contributed by atoms with Crippen molar-refractivity contribution >= 4 is 27.9 Å². The van der Waals surface area contributed by atoms with Crippen LogP contribution in [0, 0.1) is 0 Å². The van der Waals surface area contributed by atoms with Crippen molar-refractivity contribution in [3.05, 3.63) is 0 Å². The van der Waals surface area contributed by atoms with E-state index >= 15 is 0 Å². The van der Waals surface area contributed by atoms with Crippen molar-refractivity contribution < 1.29 is 9.59 Å². The van der Waals surface area contributed by atoms with Crippen LogP contribution in [0.3, 0.4) is 0 Å². The Bertz CT molecular complexity index is 208. The zero-order valence-corrected chi connectivity index (χ0v) is 8.43. The molecule has 0 bridgehead atoms. The lowest BCUT2D eigenvalue weighted by atomic mass is 10.3. The number of hydrogen-bond acceptors (Lipinski definition) is 2. The number of carbonyl (C=O) groups is 2. The van der Waals surface area contributed by atoms with Gasteiger partial charge in [0.1, 0.15) is 4.83 Å². The number of imide groups is 1. The van der Waals surface area contributed by atoms with Gasteiger partial charge in [0.25, 0.3) is 0 Å². The van der Waals surface area contributed by atoms with E-state index in [4.69, 9.17) is 0 Å². The molecular formula is C7H11BrN2O2. The van der Waals surface area contributed by atoms with Gasteiger partial charge in [0.05, 0.1) is 0 Å². The standard InChI is InChI=1S/C7H11BrN2O2/c1-2-3-10-4-5(8)6(11)9-7(10)12/h5H,2-4H2,1H3,(H,9,11,12)/t5-/m0/s1. The van der Waals surface area contributed by atoms with E-state index in [0.717, 1.165) is 6.42 Å². The summed E-state index contributed by atoms with van der Waals surface area (Å²) in [7, 11) is 0. The van der Waals surface area contributed by atoms with E-state index in [2.05, 4.69) is 21.2 Å².